The molecule has 1 fully saturated rings. The van der Waals surface area contributed by atoms with Crippen molar-refractivity contribution in [1.82, 2.24) is 14.7 Å². The van der Waals surface area contributed by atoms with E-state index in [0.717, 1.165) is 29.8 Å². The molecule has 1 N–H and O–H groups in total. The van der Waals surface area contributed by atoms with Crippen LogP contribution in [-0.4, -0.2) is 45.4 Å². The van der Waals surface area contributed by atoms with Crippen LogP contribution < -0.4 is 4.74 Å². The predicted octanol–water partition coefficient (Wildman–Crippen LogP) is 1.87. The Balaban J connectivity index is 1.79. The number of aryl methyl sites for hydroxylation is 1. The van der Waals surface area contributed by atoms with Gasteiger partial charge in [0.25, 0.3) is 0 Å². The highest BCUT2D eigenvalue weighted by molar-refractivity contribution is 5.79. The Labute approximate surface area is 148 Å². The zero-order valence-electron chi connectivity index (χ0n) is 15.0. The van der Waals surface area contributed by atoms with Gasteiger partial charge in [-0.1, -0.05) is 12.1 Å². The second-order valence-electron chi connectivity index (χ2n) is 6.74. The van der Waals surface area contributed by atoms with Crippen molar-refractivity contribution in [2.75, 3.05) is 13.7 Å². The number of hydrogen-bond acceptors (Lipinski definition) is 4. The maximum atomic E-state index is 12.8. The fourth-order valence-corrected chi connectivity index (χ4v) is 3.60. The first kappa shape index (κ1) is 17.5. The average molecular weight is 343 g/mol. The third kappa shape index (κ3) is 3.39. The summed E-state index contributed by atoms with van der Waals surface area (Å²) in [5.74, 6) is 0.773. The summed E-state index contributed by atoms with van der Waals surface area (Å²) < 4.78 is 6.90. The first-order valence-electron chi connectivity index (χ1n) is 8.56. The first-order valence-corrected chi connectivity index (χ1v) is 8.56. The molecule has 0 unspecified atom stereocenters. The zero-order valence-corrected chi connectivity index (χ0v) is 15.0. The van der Waals surface area contributed by atoms with Crippen LogP contribution in [0.3, 0.4) is 0 Å². The molecule has 1 amide bonds. The van der Waals surface area contributed by atoms with Crippen LogP contribution in [0.5, 0.6) is 5.75 Å². The SMILES string of the molecule is COc1ccc([C@](C)(O)[C@@H]2CCCN2C(=O)Cc2ccnn2C)cc1. The van der Waals surface area contributed by atoms with E-state index < -0.39 is 5.60 Å². The molecule has 2 aromatic rings. The van der Waals surface area contributed by atoms with Crippen LogP contribution in [0.2, 0.25) is 0 Å². The second-order valence-corrected chi connectivity index (χ2v) is 6.74. The van der Waals surface area contributed by atoms with Gasteiger partial charge in [-0.2, -0.15) is 5.10 Å². The highest BCUT2D eigenvalue weighted by atomic mass is 16.5. The largest absolute Gasteiger partial charge is 0.497 e. The summed E-state index contributed by atoms with van der Waals surface area (Å²) >= 11 is 0. The van der Waals surface area contributed by atoms with E-state index in [0.29, 0.717) is 13.0 Å². The fourth-order valence-electron chi connectivity index (χ4n) is 3.60. The van der Waals surface area contributed by atoms with Crippen molar-refractivity contribution in [2.45, 2.75) is 37.8 Å². The number of ether oxygens (including phenoxy) is 1. The van der Waals surface area contributed by atoms with Gasteiger partial charge in [0.1, 0.15) is 11.4 Å². The average Bonchev–Trinajstić information content (AvgIpc) is 3.25. The molecule has 1 aromatic carbocycles. The Bertz CT molecular complexity index is 737. The Kier molecular flexibility index (Phi) is 4.81. The number of aliphatic hydroxyl groups is 1. The minimum absolute atomic E-state index is 0.0277. The van der Waals surface area contributed by atoms with E-state index in [1.807, 2.05) is 42.3 Å². The van der Waals surface area contributed by atoms with Gasteiger partial charge in [-0.15, -0.1) is 0 Å². The third-order valence-corrected chi connectivity index (χ3v) is 5.15. The lowest BCUT2D eigenvalue weighted by Gasteiger charge is -2.37. The van der Waals surface area contributed by atoms with Gasteiger partial charge in [0.15, 0.2) is 0 Å². The van der Waals surface area contributed by atoms with Gasteiger partial charge in [-0.3, -0.25) is 9.48 Å². The van der Waals surface area contributed by atoms with Crippen LogP contribution >= 0.6 is 0 Å². The molecule has 0 saturated carbocycles. The molecule has 1 saturated heterocycles. The van der Waals surface area contributed by atoms with Crippen molar-refractivity contribution in [3.05, 3.63) is 47.8 Å². The molecular weight excluding hydrogens is 318 g/mol. The Morgan fingerprint density at radius 1 is 1.36 bits per heavy atom. The van der Waals surface area contributed by atoms with Crippen molar-refractivity contribution in [1.29, 1.82) is 0 Å². The summed E-state index contributed by atoms with van der Waals surface area (Å²) in [7, 11) is 3.44. The van der Waals surface area contributed by atoms with Crippen molar-refractivity contribution >= 4 is 5.91 Å². The normalized spacial score (nSPS) is 19.7. The Hall–Kier alpha value is -2.34. The highest BCUT2D eigenvalue weighted by Gasteiger charge is 2.42. The number of aromatic nitrogens is 2. The van der Waals surface area contributed by atoms with Crippen molar-refractivity contribution in [3.63, 3.8) is 0 Å². The summed E-state index contributed by atoms with van der Waals surface area (Å²) in [6.07, 6.45) is 3.67. The molecular formula is C19H25N3O3. The Morgan fingerprint density at radius 2 is 2.08 bits per heavy atom. The van der Waals surface area contributed by atoms with Gasteiger partial charge in [0, 0.05) is 25.5 Å². The van der Waals surface area contributed by atoms with Crippen LogP contribution in [-0.2, 0) is 23.9 Å². The predicted molar refractivity (Wildman–Crippen MR) is 94.2 cm³/mol. The van der Waals surface area contributed by atoms with Gasteiger partial charge in [0.2, 0.25) is 5.91 Å². The first-order chi connectivity index (χ1) is 11.9. The summed E-state index contributed by atoms with van der Waals surface area (Å²) in [6.45, 7) is 2.46. The Morgan fingerprint density at radius 3 is 2.68 bits per heavy atom. The number of likely N-dealkylation sites (tertiary alicyclic amines) is 1. The summed E-state index contributed by atoms with van der Waals surface area (Å²) in [5, 5.41) is 15.3. The van der Waals surface area contributed by atoms with Crippen molar-refractivity contribution in [2.24, 2.45) is 7.05 Å². The molecule has 2 heterocycles. The quantitative estimate of drug-likeness (QED) is 0.900. The lowest BCUT2D eigenvalue weighted by atomic mass is 9.86. The smallest absolute Gasteiger partial charge is 0.228 e. The number of rotatable bonds is 5. The highest BCUT2D eigenvalue weighted by Crippen LogP contribution is 2.35. The van der Waals surface area contributed by atoms with E-state index in [9.17, 15) is 9.90 Å². The maximum Gasteiger partial charge on any atom is 0.228 e. The van der Waals surface area contributed by atoms with Crippen LogP contribution in [0.25, 0.3) is 0 Å². The van der Waals surface area contributed by atoms with E-state index in [-0.39, 0.29) is 11.9 Å². The molecule has 1 aromatic heterocycles. The number of carbonyl (C=O) groups is 1. The van der Waals surface area contributed by atoms with Crippen LogP contribution in [0.4, 0.5) is 0 Å². The monoisotopic (exact) mass is 343 g/mol. The number of carbonyl (C=O) groups excluding carboxylic acids is 1. The topological polar surface area (TPSA) is 67.6 Å². The van der Waals surface area contributed by atoms with E-state index >= 15 is 0 Å². The summed E-state index contributed by atoms with van der Waals surface area (Å²) in [5.41, 5.74) is 0.559. The van der Waals surface area contributed by atoms with Gasteiger partial charge in [-0.25, -0.2) is 0 Å². The van der Waals surface area contributed by atoms with E-state index in [4.69, 9.17) is 4.74 Å². The van der Waals surface area contributed by atoms with Gasteiger partial charge in [0.05, 0.1) is 19.6 Å². The molecule has 6 heteroatoms. The maximum absolute atomic E-state index is 12.8. The number of nitrogens with zero attached hydrogens (tertiary/aromatic N) is 3. The number of benzene rings is 1. The lowest BCUT2D eigenvalue weighted by Crippen LogP contribution is -2.48. The molecule has 0 aliphatic carbocycles. The van der Waals surface area contributed by atoms with Gasteiger partial charge in [-0.05, 0) is 43.5 Å². The number of amides is 1. The molecule has 6 nitrogen and oxygen atoms in total. The van der Waals surface area contributed by atoms with Crippen molar-refractivity contribution < 1.29 is 14.6 Å². The van der Waals surface area contributed by atoms with Crippen LogP contribution in [0.1, 0.15) is 31.0 Å². The summed E-state index contributed by atoms with van der Waals surface area (Å²) in [4.78, 5) is 14.6. The van der Waals surface area contributed by atoms with E-state index in [1.165, 1.54) is 0 Å². The van der Waals surface area contributed by atoms with Gasteiger partial charge < -0.3 is 14.7 Å². The molecule has 1 aliphatic rings. The summed E-state index contributed by atoms with van der Waals surface area (Å²) in [6, 6.07) is 9.01. The number of methoxy groups -OCH3 is 1. The number of hydrogen-bond donors (Lipinski definition) is 1. The van der Waals surface area contributed by atoms with Crippen LogP contribution in [0.15, 0.2) is 36.5 Å². The molecule has 25 heavy (non-hydrogen) atoms. The molecule has 3 rings (SSSR count). The minimum Gasteiger partial charge on any atom is -0.497 e. The van der Waals surface area contributed by atoms with Crippen molar-refractivity contribution in [3.8, 4) is 5.75 Å². The fraction of sp³-hybridized carbons (Fsp3) is 0.474. The second kappa shape index (κ2) is 6.88. The molecule has 2 atom stereocenters. The third-order valence-electron chi connectivity index (χ3n) is 5.15. The molecule has 134 valence electrons. The molecule has 1 aliphatic heterocycles. The molecule has 0 bridgehead atoms. The van der Waals surface area contributed by atoms with E-state index in [2.05, 4.69) is 5.10 Å². The molecule has 0 radical (unpaired) electrons. The zero-order chi connectivity index (χ0) is 18.0. The molecule has 0 spiro atoms. The van der Waals surface area contributed by atoms with Crippen LogP contribution in [0, 0.1) is 0 Å². The van der Waals surface area contributed by atoms with Gasteiger partial charge >= 0.3 is 0 Å². The standard InChI is InChI=1S/C19H25N3O3/c1-19(24,14-6-8-16(25-3)9-7-14)17-5-4-12-22(17)18(23)13-15-10-11-20-21(15)2/h6-11,17,24H,4-5,12-13H2,1-3H3/t17-,19-/m0/s1. The van der Waals surface area contributed by atoms with E-state index in [1.54, 1.807) is 24.9 Å². The minimum atomic E-state index is -1.11. The lowest BCUT2D eigenvalue weighted by molar-refractivity contribution is -0.137.